The highest BCUT2D eigenvalue weighted by Gasteiger charge is 2.36. The van der Waals surface area contributed by atoms with Crippen LogP contribution in [0.2, 0.25) is 0 Å². The third-order valence-electron chi connectivity index (χ3n) is 4.04. The van der Waals surface area contributed by atoms with Crippen molar-refractivity contribution in [2.24, 2.45) is 5.92 Å². The van der Waals surface area contributed by atoms with Crippen molar-refractivity contribution in [1.82, 2.24) is 15.0 Å². The summed E-state index contributed by atoms with van der Waals surface area (Å²) in [5.74, 6) is 0.419. The Kier molecular flexibility index (Phi) is 4.93. The van der Waals surface area contributed by atoms with Crippen molar-refractivity contribution in [2.75, 3.05) is 5.32 Å². The average molecular weight is 386 g/mol. The van der Waals surface area contributed by atoms with Crippen LogP contribution >= 0.6 is 11.3 Å². The van der Waals surface area contributed by atoms with Gasteiger partial charge in [0.15, 0.2) is 5.13 Å². The number of thiazole rings is 1. The number of hydrogen-bond acceptors (Lipinski definition) is 7. The highest BCUT2D eigenvalue weighted by atomic mass is 32.1. The molecule has 138 valence electrons. The number of benzene rings is 1. The lowest BCUT2D eigenvalue weighted by Crippen LogP contribution is -2.40. The van der Waals surface area contributed by atoms with Gasteiger partial charge in [0, 0.05) is 18.3 Å². The maximum atomic E-state index is 12.9. The molecule has 3 aromatic rings. The van der Waals surface area contributed by atoms with Crippen molar-refractivity contribution in [1.29, 1.82) is 0 Å². The van der Waals surface area contributed by atoms with Gasteiger partial charge in [-0.2, -0.15) is 0 Å². The predicted octanol–water partition coefficient (Wildman–Crippen LogP) is 3.66. The lowest BCUT2D eigenvalue weighted by molar-refractivity contribution is -0.125. The van der Waals surface area contributed by atoms with E-state index in [9.17, 15) is 9.18 Å². The second-order valence-corrected chi connectivity index (χ2v) is 6.97. The molecule has 0 atom stereocenters. The first-order chi connectivity index (χ1) is 13.2. The van der Waals surface area contributed by atoms with E-state index < -0.39 is 0 Å². The number of anilines is 1. The summed E-state index contributed by atoms with van der Waals surface area (Å²) in [6, 6.07) is 5.86. The average Bonchev–Trinajstić information content (AvgIpc) is 3.07. The number of carbonyl (C=O) groups is 1. The first-order valence-electron chi connectivity index (χ1n) is 8.28. The molecule has 1 N–H and O–H groups in total. The fourth-order valence-electron chi connectivity index (χ4n) is 2.59. The molecule has 27 heavy (non-hydrogen) atoms. The molecule has 1 saturated carbocycles. The number of carbonyl (C=O) groups excluding carboxylic acids is 1. The van der Waals surface area contributed by atoms with Crippen LogP contribution in [0.1, 0.15) is 12.8 Å². The first kappa shape index (κ1) is 17.3. The zero-order valence-corrected chi connectivity index (χ0v) is 14.9. The molecule has 1 aliphatic carbocycles. The molecule has 1 aromatic carbocycles. The fourth-order valence-corrected chi connectivity index (χ4v) is 3.27. The maximum Gasteiger partial charge on any atom is 0.239 e. The summed E-state index contributed by atoms with van der Waals surface area (Å²) in [5.41, 5.74) is 0. The summed E-state index contributed by atoms with van der Waals surface area (Å²) in [6.45, 7) is 0. The molecule has 7 nitrogen and oxygen atoms in total. The second-order valence-electron chi connectivity index (χ2n) is 5.98. The van der Waals surface area contributed by atoms with E-state index in [0.29, 0.717) is 34.7 Å². The van der Waals surface area contributed by atoms with Crippen LogP contribution in [0.4, 0.5) is 9.52 Å². The molecule has 2 heterocycles. The summed E-state index contributed by atoms with van der Waals surface area (Å²) in [6.07, 6.45) is 7.27. The molecule has 4 rings (SSSR count). The monoisotopic (exact) mass is 386 g/mol. The van der Waals surface area contributed by atoms with E-state index in [-0.39, 0.29) is 23.7 Å². The van der Waals surface area contributed by atoms with Crippen LogP contribution in [-0.2, 0) is 4.79 Å². The smallest absolute Gasteiger partial charge is 0.239 e. The van der Waals surface area contributed by atoms with Gasteiger partial charge >= 0.3 is 0 Å². The third-order valence-corrected chi connectivity index (χ3v) is 4.83. The Bertz CT molecular complexity index is 914. The van der Waals surface area contributed by atoms with Crippen molar-refractivity contribution < 1.29 is 18.7 Å². The molecule has 9 heteroatoms. The molecule has 1 aliphatic rings. The molecule has 0 radical (unpaired) electrons. The van der Waals surface area contributed by atoms with Gasteiger partial charge in [-0.15, -0.1) is 0 Å². The van der Waals surface area contributed by atoms with Crippen LogP contribution in [0.5, 0.6) is 16.7 Å². The van der Waals surface area contributed by atoms with Gasteiger partial charge < -0.3 is 14.8 Å². The van der Waals surface area contributed by atoms with Gasteiger partial charge in [-0.25, -0.2) is 14.4 Å². The van der Waals surface area contributed by atoms with Gasteiger partial charge in [0.2, 0.25) is 16.9 Å². The largest absolute Gasteiger partial charge is 0.490 e. The topological polar surface area (TPSA) is 86.2 Å². The van der Waals surface area contributed by atoms with Gasteiger partial charge in [-0.3, -0.25) is 9.78 Å². The maximum absolute atomic E-state index is 12.9. The molecule has 1 amide bonds. The van der Waals surface area contributed by atoms with Crippen molar-refractivity contribution in [2.45, 2.75) is 18.9 Å². The Labute approximate surface area is 158 Å². The zero-order chi connectivity index (χ0) is 18.6. The normalized spacial score (nSPS) is 18.4. The van der Waals surface area contributed by atoms with Gasteiger partial charge in [0.25, 0.3) is 0 Å². The van der Waals surface area contributed by atoms with Gasteiger partial charge in [-0.1, -0.05) is 11.3 Å². The minimum absolute atomic E-state index is 0.0435. The van der Waals surface area contributed by atoms with Crippen LogP contribution in [0, 0.1) is 11.7 Å². The molecule has 2 aromatic heterocycles. The van der Waals surface area contributed by atoms with E-state index in [1.807, 2.05) is 0 Å². The fraction of sp³-hybridized carbons (Fsp3) is 0.222. The summed E-state index contributed by atoms with van der Waals surface area (Å²) < 4.78 is 24.1. The number of halogens is 1. The third kappa shape index (κ3) is 4.37. The van der Waals surface area contributed by atoms with Crippen molar-refractivity contribution >= 4 is 22.4 Å². The lowest BCUT2D eigenvalue weighted by atomic mass is 9.81. The Morgan fingerprint density at radius 1 is 1.15 bits per heavy atom. The first-order valence-corrected chi connectivity index (χ1v) is 9.10. The number of hydrogen-bond donors (Lipinski definition) is 1. The lowest BCUT2D eigenvalue weighted by Gasteiger charge is -2.34. The van der Waals surface area contributed by atoms with E-state index in [0.717, 1.165) is 0 Å². The summed E-state index contributed by atoms with van der Waals surface area (Å²) >= 11 is 1.21. The summed E-state index contributed by atoms with van der Waals surface area (Å²) in [5, 5.41) is 3.76. The molecule has 0 saturated heterocycles. The summed E-state index contributed by atoms with van der Waals surface area (Å²) in [4.78, 5) is 24.4. The zero-order valence-electron chi connectivity index (χ0n) is 14.0. The molecule has 0 unspecified atom stereocenters. The number of amides is 1. The van der Waals surface area contributed by atoms with E-state index in [1.54, 1.807) is 18.3 Å². The molecule has 1 fully saturated rings. The van der Waals surface area contributed by atoms with E-state index in [1.165, 1.54) is 42.1 Å². The highest BCUT2D eigenvalue weighted by molar-refractivity contribution is 7.17. The number of rotatable bonds is 6. The molecular weight excluding hydrogens is 371 g/mol. The Hall–Kier alpha value is -3.07. The van der Waals surface area contributed by atoms with Crippen molar-refractivity contribution in [3.05, 3.63) is 54.9 Å². The van der Waals surface area contributed by atoms with E-state index in [2.05, 4.69) is 20.3 Å². The van der Waals surface area contributed by atoms with Crippen LogP contribution in [0.25, 0.3) is 0 Å². The van der Waals surface area contributed by atoms with E-state index >= 15 is 0 Å². The van der Waals surface area contributed by atoms with E-state index in [4.69, 9.17) is 9.47 Å². The van der Waals surface area contributed by atoms with Gasteiger partial charge in [0.05, 0.1) is 12.4 Å². The van der Waals surface area contributed by atoms with Crippen molar-refractivity contribution in [3.63, 3.8) is 0 Å². The Morgan fingerprint density at radius 2 is 1.96 bits per heavy atom. The van der Waals surface area contributed by atoms with Crippen LogP contribution < -0.4 is 14.8 Å². The number of ether oxygens (including phenoxy) is 2. The minimum Gasteiger partial charge on any atom is -0.490 e. The minimum atomic E-state index is -0.306. The van der Waals surface area contributed by atoms with Crippen molar-refractivity contribution in [3.8, 4) is 16.7 Å². The predicted molar refractivity (Wildman–Crippen MR) is 96.4 cm³/mol. The number of nitrogens with zero attached hydrogens (tertiary/aromatic N) is 3. The van der Waals surface area contributed by atoms with Gasteiger partial charge in [0.1, 0.15) is 17.7 Å². The number of nitrogens with one attached hydrogen (secondary N) is 1. The highest BCUT2D eigenvalue weighted by Crippen LogP contribution is 2.34. The van der Waals surface area contributed by atoms with Crippen LogP contribution in [-0.4, -0.2) is 27.0 Å². The Morgan fingerprint density at radius 3 is 2.70 bits per heavy atom. The van der Waals surface area contributed by atoms with Crippen LogP contribution in [0.3, 0.4) is 0 Å². The molecule has 0 spiro atoms. The van der Waals surface area contributed by atoms with Crippen LogP contribution in [0.15, 0.2) is 49.1 Å². The number of aromatic nitrogens is 3. The SMILES string of the molecule is O=C(Nc1ncc(Oc2cnccn2)s1)C1CC(Oc2ccc(F)cc2)C1. The Balaban J connectivity index is 1.25. The molecule has 0 aliphatic heterocycles. The quantitative estimate of drug-likeness (QED) is 0.696. The second kappa shape index (κ2) is 7.67. The van der Waals surface area contributed by atoms with Gasteiger partial charge in [-0.05, 0) is 37.1 Å². The standard InChI is InChI=1S/C18H15FN4O3S/c19-12-1-3-13(4-2-12)25-14-7-11(8-14)17(24)23-18-22-10-16(27-18)26-15-9-20-5-6-21-15/h1-6,9-11,14H,7-8H2,(H,22,23,24). The molecular formula is C18H15FN4O3S. The summed E-state index contributed by atoms with van der Waals surface area (Å²) in [7, 11) is 0. The molecule has 0 bridgehead atoms.